The molecule has 32 heavy (non-hydrogen) atoms. The molecule has 1 saturated heterocycles. The van der Waals surface area contributed by atoms with E-state index in [-0.39, 0.29) is 17.9 Å². The van der Waals surface area contributed by atoms with Crippen molar-refractivity contribution in [2.24, 2.45) is 17.8 Å². The summed E-state index contributed by atoms with van der Waals surface area (Å²) in [7, 11) is 0. The summed E-state index contributed by atoms with van der Waals surface area (Å²) in [5.74, 6) is 1.68. The summed E-state index contributed by atoms with van der Waals surface area (Å²) in [6.45, 7) is 5.62. The van der Waals surface area contributed by atoms with Crippen LogP contribution >= 0.6 is 0 Å². The van der Waals surface area contributed by atoms with Gasteiger partial charge in [0.1, 0.15) is 12.4 Å². The van der Waals surface area contributed by atoms with Crippen LogP contribution < -0.4 is 10.1 Å². The van der Waals surface area contributed by atoms with Crippen LogP contribution in [0.15, 0.2) is 54.6 Å². The normalized spacial score (nSPS) is 27.0. The summed E-state index contributed by atoms with van der Waals surface area (Å²) in [6.07, 6.45) is 3.99. The van der Waals surface area contributed by atoms with Gasteiger partial charge in [-0.3, -0.25) is 9.69 Å². The molecule has 5 heteroatoms. The SMILES string of the molecule is Cc1ccc(OCCN2CC3[C@H](C2)[C@H]3NC(=O)C(O)(c2ccccc2)C2CCCC2)cc1. The number of benzene rings is 2. The fourth-order valence-corrected chi connectivity index (χ4v) is 5.79. The number of fused-ring (bicyclic) bond motifs is 1. The van der Waals surface area contributed by atoms with E-state index in [1.165, 1.54) is 5.56 Å². The van der Waals surface area contributed by atoms with Gasteiger partial charge < -0.3 is 15.2 Å². The van der Waals surface area contributed by atoms with Gasteiger partial charge >= 0.3 is 0 Å². The number of carbonyl (C=O) groups excluding carboxylic acids is 1. The van der Waals surface area contributed by atoms with E-state index in [4.69, 9.17) is 4.74 Å². The number of likely N-dealkylation sites (tertiary alicyclic amines) is 1. The Bertz CT molecular complexity index is 914. The van der Waals surface area contributed by atoms with Gasteiger partial charge in [-0.25, -0.2) is 0 Å². The van der Waals surface area contributed by atoms with Crippen molar-refractivity contribution in [1.82, 2.24) is 10.2 Å². The maximum Gasteiger partial charge on any atom is 0.257 e. The fraction of sp³-hybridized carbons (Fsp3) is 0.519. The molecule has 0 aromatic heterocycles. The summed E-state index contributed by atoms with van der Waals surface area (Å²) in [5, 5.41) is 14.9. The van der Waals surface area contributed by atoms with Gasteiger partial charge in [-0.15, -0.1) is 0 Å². The van der Waals surface area contributed by atoms with E-state index in [0.29, 0.717) is 18.4 Å². The van der Waals surface area contributed by atoms with E-state index in [2.05, 4.69) is 29.3 Å². The average Bonchev–Trinajstić information content (AvgIpc) is 3.23. The van der Waals surface area contributed by atoms with Gasteiger partial charge in [0, 0.05) is 31.6 Å². The molecule has 2 saturated carbocycles. The molecular formula is C27H34N2O3. The van der Waals surface area contributed by atoms with Crippen LogP contribution in [0.1, 0.15) is 36.8 Å². The molecule has 0 bridgehead atoms. The lowest BCUT2D eigenvalue weighted by Gasteiger charge is -2.33. The summed E-state index contributed by atoms with van der Waals surface area (Å²) < 4.78 is 5.87. The summed E-state index contributed by atoms with van der Waals surface area (Å²) in [4.78, 5) is 15.8. The number of rotatable bonds is 8. The highest BCUT2D eigenvalue weighted by molar-refractivity contribution is 5.87. The van der Waals surface area contributed by atoms with Crippen LogP contribution in [0.3, 0.4) is 0 Å². The lowest BCUT2D eigenvalue weighted by atomic mass is 9.79. The predicted octanol–water partition coefficient (Wildman–Crippen LogP) is 3.50. The van der Waals surface area contributed by atoms with E-state index in [9.17, 15) is 9.90 Å². The van der Waals surface area contributed by atoms with Gasteiger partial charge in [0.15, 0.2) is 5.60 Å². The molecule has 3 aliphatic rings. The molecule has 5 nitrogen and oxygen atoms in total. The fourth-order valence-electron chi connectivity index (χ4n) is 5.79. The second-order valence-corrected chi connectivity index (χ2v) is 9.86. The van der Waals surface area contributed by atoms with Gasteiger partial charge in [0.2, 0.25) is 0 Å². The zero-order chi connectivity index (χ0) is 22.1. The molecule has 5 rings (SSSR count). The van der Waals surface area contributed by atoms with Crippen molar-refractivity contribution >= 4 is 5.91 Å². The lowest BCUT2D eigenvalue weighted by Crippen LogP contribution is -2.51. The van der Waals surface area contributed by atoms with Crippen LogP contribution in [-0.2, 0) is 10.4 Å². The third-order valence-corrected chi connectivity index (χ3v) is 7.77. The number of aliphatic hydroxyl groups is 1. The second-order valence-electron chi connectivity index (χ2n) is 9.86. The van der Waals surface area contributed by atoms with E-state index in [0.717, 1.165) is 56.6 Å². The first-order valence-electron chi connectivity index (χ1n) is 12.1. The van der Waals surface area contributed by atoms with Crippen LogP contribution in [-0.4, -0.2) is 48.2 Å². The molecule has 2 N–H and O–H groups in total. The Balaban J connectivity index is 1.13. The minimum Gasteiger partial charge on any atom is -0.492 e. The van der Waals surface area contributed by atoms with Gasteiger partial charge in [0.25, 0.3) is 5.91 Å². The Hall–Kier alpha value is -2.37. The Kier molecular flexibility index (Phi) is 5.95. The first-order valence-corrected chi connectivity index (χ1v) is 12.1. The number of nitrogens with zero attached hydrogens (tertiary/aromatic N) is 1. The highest BCUT2D eigenvalue weighted by atomic mass is 16.5. The number of hydrogen-bond acceptors (Lipinski definition) is 4. The van der Waals surface area contributed by atoms with Crippen molar-refractivity contribution in [3.05, 3.63) is 65.7 Å². The first-order chi connectivity index (χ1) is 15.6. The molecule has 2 aromatic carbocycles. The monoisotopic (exact) mass is 434 g/mol. The van der Waals surface area contributed by atoms with Crippen molar-refractivity contribution in [2.45, 2.75) is 44.2 Å². The van der Waals surface area contributed by atoms with Crippen molar-refractivity contribution in [3.8, 4) is 5.75 Å². The Morgan fingerprint density at radius 1 is 1.06 bits per heavy atom. The van der Waals surface area contributed by atoms with E-state index in [1.807, 2.05) is 42.5 Å². The summed E-state index contributed by atoms with van der Waals surface area (Å²) >= 11 is 0. The highest BCUT2D eigenvalue weighted by Gasteiger charge is 2.58. The zero-order valence-corrected chi connectivity index (χ0v) is 18.9. The number of carbonyl (C=O) groups is 1. The summed E-state index contributed by atoms with van der Waals surface area (Å²) in [5.41, 5.74) is 0.540. The third-order valence-electron chi connectivity index (χ3n) is 7.77. The van der Waals surface area contributed by atoms with Crippen LogP contribution in [0.2, 0.25) is 0 Å². The zero-order valence-electron chi connectivity index (χ0n) is 18.9. The minimum absolute atomic E-state index is 0.00101. The van der Waals surface area contributed by atoms with Gasteiger partial charge in [0.05, 0.1) is 0 Å². The molecule has 2 unspecified atom stereocenters. The standard InChI is InChI=1S/C27H34N2O3/c1-19-11-13-22(14-12-19)32-16-15-29-17-23-24(18-29)25(23)28-26(30)27(31,21-9-5-6-10-21)20-7-3-2-4-8-20/h2-4,7-8,11-14,21,23-25,31H,5-6,9-10,15-18H2,1H3,(H,28,30)/t23-,24?,25+,27?/m0/s1. The molecule has 0 spiro atoms. The maximum atomic E-state index is 13.4. The Morgan fingerprint density at radius 3 is 2.38 bits per heavy atom. The molecule has 4 atom stereocenters. The molecule has 0 radical (unpaired) electrons. The Morgan fingerprint density at radius 2 is 1.72 bits per heavy atom. The van der Waals surface area contributed by atoms with Crippen LogP contribution in [0.4, 0.5) is 0 Å². The van der Waals surface area contributed by atoms with Crippen molar-refractivity contribution in [3.63, 3.8) is 0 Å². The highest BCUT2D eigenvalue weighted by Crippen LogP contribution is 2.47. The molecule has 1 aliphatic heterocycles. The quantitative estimate of drug-likeness (QED) is 0.668. The summed E-state index contributed by atoms with van der Waals surface area (Å²) in [6, 6.07) is 17.9. The average molecular weight is 435 g/mol. The van der Waals surface area contributed by atoms with Crippen molar-refractivity contribution in [2.75, 3.05) is 26.2 Å². The lowest BCUT2D eigenvalue weighted by molar-refractivity contribution is -0.147. The number of hydrogen-bond donors (Lipinski definition) is 2. The minimum atomic E-state index is -1.42. The molecule has 170 valence electrons. The van der Waals surface area contributed by atoms with Crippen LogP contribution in [0.25, 0.3) is 0 Å². The Labute approximate surface area is 190 Å². The molecule has 1 amide bonds. The molecule has 1 heterocycles. The smallest absolute Gasteiger partial charge is 0.257 e. The number of aryl methyl sites for hydroxylation is 1. The number of piperidine rings is 1. The number of ether oxygens (including phenoxy) is 1. The number of amides is 1. The van der Waals surface area contributed by atoms with E-state index < -0.39 is 5.60 Å². The van der Waals surface area contributed by atoms with Gasteiger partial charge in [-0.05, 0) is 49.3 Å². The maximum absolute atomic E-state index is 13.4. The van der Waals surface area contributed by atoms with Crippen molar-refractivity contribution in [1.29, 1.82) is 0 Å². The topological polar surface area (TPSA) is 61.8 Å². The van der Waals surface area contributed by atoms with Crippen LogP contribution in [0, 0.1) is 24.7 Å². The molecular weight excluding hydrogens is 400 g/mol. The first kappa shape index (κ1) is 21.5. The van der Waals surface area contributed by atoms with Crippen molar-refractivity contribution < 1.29 is 14.6 Å². The third kappa shape index (κ3) is 4.16. The van der Waals surface area contributed by atoms with Crippen LogP contribution in [0.5, 0.6) is 5.75 Å². The largest absolute Gasteiger partial charge is 0.492 e. The number of nitrogens with one attached hydrogen (secondary N) is 1. The second kappa shape index (κ2) is 8.87. The van der Waals surface area contributed by atoms with E-state index in [1.54, 1.807) is 0 Å². The predicted molar refractivity (Wildman–Crippen MR) is 124 cm³/mol. The molecule has 2 aromatic rings. The van der Waals surface area contributed by atoms with E-state index >= 15 is 0 Å². The van der Waals surface area contributed by atoms with Gasteiger partial charge in [-0.1, -0.05) is 60.9 Å². The van der Waals surface area contributed by atoms with Gasteiger partial charge in [-0.2, -0.15) is 0 Å². The molecule has 3 fully saturated rings. The molecule has 2 aliphatic carbocycles.